The number of hydrogen-bond acceptors (Lipinski definition) is 8. The summed E-state index contributed by atoms with van der Waals surface area (Å²) < 4.78 is 15.1. The molecule has 11 nitrogen and oxygen atoms in total. The number of hydrogen-bond donors (Lipinski definition) is 1. The molecule has 0 unspecified atom stereocenters. The molecule has 0 bridgehead atoms. The summed E-state index contributed by atoms with van der Waals surface area (Å²) in [4.78, 5) is 32.8. The first-order valence-corrected chi connectivity index (χ1v) is 16.1. The van der Waals surface area contributed by atoms with Crippen molar-refractivity contribution >= 4 is 28.0 Å². The van der Waals surface area contributed by atoms with Crippen LogP contribution in [0, 0.1) is 6.92 Å². The number of fused-ring (bicyclic) bond motifs is 2. The molecule has 0 atom stereocenters. The van der Waals surface area contributed by atoms with Crippen molar-refractivity contribution in [3.63, 3.8) is 0 Å². The number of methoxy groups -OCH3 is 2. The number of nitrogens with one attached hydrogen (secondary N) is 1. The Balaban J connectivity index is 1.15. The van der Waals surface area contributed by atoms with Gasteiger partial charge in [0.1, 0.15) is 17.3 Å². The Kier molecular flexibility index (Phi) is 8.12. The lowest BCUT2D eigenvalue weighted by Gasteiger charge is -2.41. The highest BCUT2D eigenvalue weighted by atomic mass is 16.5. The van der Waals surface area contributed by atoms with E-state index in [4.69, 9.17) is 14.5 Å². The Morgan fingerprint density at radius 1 is 0.957 bits per heavy atom. The summed E-state index contributed by atoms with van der Waals surface area (Å²) >= 11 is 0. The standard InChI is InChI=1S/C35H42N8O3/c1-22-33-32(39-34(43(33)13-12-36-22)23-6-9-26(10-7-23)42-16-14-40(2)15-17-42)24-8-11-27(30(19-24)45-4)38-35(44)28-18-25-20-31(46-5)37-21-29(25)41(28)3/h8,11-13,18-21,23,26H,6-7,9-10,14-17H2,1-5H3,(H,38,44)/t23-,26-. The van der Waals surface area contributed by atoms with E-state index < -0.39 is 0 Å². The average Bonchev–Trinajstić information content (AvgIpc) is 3.64. The molecule has 1 saturated carbocycles. The van der Waals surface area contributed by atoms with E-state index in [2.05, 4.69) is 36.5 Å². The minimum absolute atomic E-state index is 0.245. The van der Waals surface area contributed by atoms with E-state index in [1.807, 2.05) is 61.3 Å². The van der Waals surface area contributed by atoms with Crippen molar-refractivity contribution in [3.8, 4) is 22.9 Å². The Hall–Kier alpha value is -4.48. The van der Waals surface area contributed by atoms with Crippen LogP contribution < -0.4 is 14.8 Å². The number of pyridine rings is 1. The van der Waals surface area contributed by atoms with Gasteiger partial charge in [-0.2, -0.15) is 0 Å². The van der Waals surface area contributed by atoms with Gasteiger partial charge in [-0.15, -0.1) is 0 Å². The third-order valence-corrected chi connectivity index (χ3v) is 9.95. The van der Waals surface area contributed by atoms with Crippen LogP contribution in [0.4, 0.5) is 5.69 Å². The van der Waals surface area contributed by atoms with Gasteiger partial charge in [-0.05, 0) is 57.9 Å². The third kappa shape index (κ3) is 5.47. The molecule has 240 valence electrons. The molecular formula is C35H42N8O3. The number of rotatable bonds is 7. The minimum atomic E-state index is -0.245. The monoisotopic (exact) mass is 622 g/mol. The van der Waals surface area contributed by atoms with Gasteiger partial charge in [-0.3, -0.25) is 19.1 Å². The summed E-state index contributed by atoms with van der Waals surface area (Å²) in [5.74, 6) is 2.31. The Morgan fingerprint density at radius 2 is 1.74 bits per heavy atom. The van der Waals surface area contributed by atoms with Gasteiger partial charge >= 0.3 is 0 Å². The molecule has 0 radical (unpaired) electrons. The molecule has 1 amide bonds. The normalized spacial score (nSPS) is 19.5. The molecule has 7 rings (SSSR count). The number of aromatic nitrogens is 5. The lowest BCUT2D eigenvalue weighted by molar-refractivity contribution is 0.0872. The Morgan fingerprint density at radius 3 is 2.48 bits per heavy atom. The van der Waals surface area contributed by atoms with Gasteiger partial charge in [-0.1, -0.05) is 6.07 Å². The first kappa shape index (κ1) is 30.2. The average molecular weight is 623 g/mol. The zero-order valence-electron chi connectivity index (χ0n) is 27.3. The van der Waals surface area contributed by atoms with Crippen molar-refractivity contribution < 1.29 is 14.3 Å². The second kappa shape index (κ2) is 12.4. The number of nitrogens with zero attached hydrogens (tertiary/aromatic N) is 7. The van der Waals surface area contributed by atoms with E-state index in [0.29, 0.717) is 35.0 Å². The van der Waals surface area contributed by atoms with Crippen LogP contribution in [0.5, 0.6) is 11.6 Å². The molecule has 1 aliphatic heterocycles. The smallest absolute Gasteiger partial charge is 0.272 e. The van der Waals surface area contributed by atoms with Gasteiger partial charge in [-0.25, -0.2) is 9.97 Å². The lowest BCUT2D eigenvalue weighted by Crippen LogP contribution is -2.49. The number of piperazine rings is 1. The topological polar surface area (TPSA) is 102 Å². The highest BCUT2D eigenvalue weighted by molar-refractivity contribution is 6.07. The molecule has 5 aromatic rings. The quantitative estimate of drug-likeness (QED) is 0.267. The maximum Gasteiger partial charge on any atom is 0.272 e. The summed E-state index contributed by atoms with van der Waals surface area (Å²) in [5, 5.41) is 3.92. The van der Waals surface area contributed by atoms with E-state index in [-0.39, 0.29) is 5.91 Å². The molecular weight excluding hydrogens is 580 g/mol. The molecule has 1 aliphatic carbocycles. The van der Waals surface area contributed by atoms with E-state index >= 15 is 0 Å². The number of carbonyl (C=O) groups excluding carboxylic acids is 1. The van der Waals surface area contributed by atoms with Gasteiger partial charge in [0.25, 0.3) is 5.91 Å². The van der Waals surface area contributed by atoms with Crippen LogP contribution in [0.15, 0.2) is 48.9 Å². The fourth-order valence-corrected chi connectivity index (χ4v) is 7.27. The zero-order valence-corrected chi connectivity index (χ0v) is 27.3. The van der Waals surface area contributed by atoms with Gasteiger partial charge < -0.3 is 24.3 Å². The lowest BCUT2D eigenvalue weighted by atomic mass is 9.84. The third-order valence-electron chi connectivity index (χ3n) is 9.95. The van der Waals surface area contributed by atoms with Crippen LogP contribution in [0.2, 0.25) is 0 Å². The van der Waals surface area contributed by atoms with Crippen molar-refractivity contribution in [3.05, 3.63) is 66.1 Å². The number of imidazole rings is 1. The largest absolute Gasteiger partial charge is 0.495 e. The molecule has 4 aromatic heterocycles. The number of aryl methyl sites for hydroxylation is 2. The van der Waals surface area contributed by atoms with Crippen LogP contribution in [-0.4, -0.2) is 93.1 Å². The highest BCUT2D eigenvalue weighted by Gasteiger charge is 2.31. The van der Waals surface area contributed by atoms with E-state index in [0.717, 1.165) is 65.1 Å². The summed E-state index contributed by atoms with van der Waals surface area (Å²) in [5.41, 5.74) is 5.67. The number of likely N-dealkylation sites (N-methyl/N-ethyl adjacent to an activating group) is 1. The van der Waals surface area contributed by atoms with Crippen molar-refractivity contribution in [2.45, 2.75) is 44.6 Å². The highest BCUT2D eigenvalue weighted by Crippen LogP contribution is 2.39. The van der Waals surface area contributed by atoms with Gasteiger partial charge in [0.2, 0.25) is 5.88 Å². The Labute approximate surface area is 269 Å². The second-order valence-corrected chi connectivity index (χ2v) is 12.6. The van der Waals surface area contributed by atoms with E-state index in [1.54, 1.807) is 20.4 Å². The van der Waals surface area contributed by atoms with Crippen LogP contribution in [0.25, 0.3) is 27.7 Å². The van der Waals surface area contributed by atoms with Crippen LogP contribution in [0.1, 0.15) is 53.6 Å². The summed E-state index contributed by atoms with van der Waals surface area (Å²) in [7, 11) is 7.26. The zero-order chi connectivity index (χ0) is 31.9. The summed E-state index contributed by atoms with van der Waals surface area (Å²) in [6, 6.07) is 10.2. The fourth-order valence-electron chi connectivity index (χ4n) is 7.27. The number of benzene rings is 1. The maximum atomic E-state index is 13.5. The molecule has 0 spiro atoms. The first-order chi connectivity index (χ1) is 22.3. The predicted molar refractivity (Wildman–Crippen MR) is 179 cm³/mol. The van der Waals surface area contributed by atoms with Crippen LogP contribution >= 0.6 is 0 Å². The second-order valence-electron chi connectivity index (χ2n) is 12.6. The summed E-state index contributed by atoms with van der Waals surface area (Å²) in [6.07, 6.45) is 10.3. The predicted octanol–water partition coefficient (Wildman–Crippen LogP) is 5.13. The molecule has 1 N–H and O–H groups in total. The fraction of sp³-hybridized carbons (Fsp3) is 0.429. The van der Waals surface area contributed by atoms with Crippen molar-refractivity contribution in [1.29, 1.82) is 0 Å². The number of amides is 1. The van der Waals surface area contributed by atoms with Crippen molar-refractivity contribution in [2.75, 3.05) is 52.8 Å². The molecule has 1 aromatic carbocycles. The van der Waals surface area contributed by atoms with Crippen molar-refractivity contribution in [2.24, 2.45) is 7.05 Å². The molecule has 11 heteroatoms. The number of carbonyl (C=O) groups is 1. The van der Waals surface area contributed by atoms with E-state index in [1.165, 1.54) is 25.9 Å². The summed E-state index contributed by atoms with van der Waals surface area (Å²) in [6.45, 7) is 6.68. The van der Waals surface area contributed by atoms with Crippen LogP contribution in [-0.2, 0) is 7.05 Å². The van der Waals surface area contributed by atoms with E-state index in [9.17, 15) is 4.79 Å². The van der Waals surface area contributed by atoms with Gasteiger partial charge in [0.05, 0.1) is 48.5 Å². The maximum absolute atomic E-state index is 13.5. The molecule has 5 heterocycles. The van der Waals surface area contributed by atoms with Gasteiger partial charge in [0.15, 0.2) is 0 Å². The minimum Gasteiger partial charge on any atom is -0.495 e. The first-order valence-electron chi connectivity index (χ1n) is 16.1. The molecule has 2 fully saturated rings. The molecule has 1 saturated heterocycles. The molecule has 46 heavy (non-hydrogen) atoms. The SMILES string of the molecule is COc1cc2cc(C(=O)Nc3ccc(-c4nc([C@H]5CC[C@H](N6CCN(C)CC6)CC5)n5ccnc(C)c45)cc3OC)n(C)c2cn1. The molecule has 2 aliphatic rings. The van der Waals surface area contributed by atoms with Crippen molar-refractivity contribution in [1.82, 2.24) is 33.7 Å². The van der Waals surface area contributed by atoms with Gasteiger partial charge in [0, 0.05) is 74.6 Å². The number of anilines is 1. The van der Waals surface area contributed by atoms with Crippen LogP contribution in [0.3, 0.4) is 0 Å². The Bertz CT molecular complexity index is 1900. The number of ether oxygens (including phenoxy) is 2.